The Morgan fingerprint density at radius 1 is 1.09 bits per heavy atom. The Hall–Kier alpha value is -4.08. The highest BCUT2D eigenvalue weighted by Gasteiger charge is 2.20. The summed E-state index contributed by atoms with van der Waals surface area (Å²) in [6, 6.07) is 15.4. The number of aryl methyl sites for hydroxylation is 1. The van der Waals surface area contributed by atoms with Gasteiger partial charge in [-0.1, -0.05) is 42.5 Å². The molecular formula is C22H27N5O5. The van der Waals surface area contributed by atoms with Crippen LogP contribution in [0.4, 0.5) is 4.79 Å². The molecule has 1 amide bonds. The zero-order chi connectivity index (χ0) is 23.2. The molecule has 1 unspecified atom stereocenters. The van der Waals surface area contributed by atoms with Crippen molar-refractivity contribution in [3.63, 3.8) is 0 Å². The van der Waals surface area contributed by atoms with Crippen molar-refractivity contribution in [2.75, 3.05) is 6.61 Å². The molecule has 6 N–H and O–H groups in total. The second-order valence-electron chi connectivity index (χ2n) is 6.74. The number of alkyl carbamates (subject to hydrolysis) is 1. The Morgan fingerprint density at radius 2 is 1.84 bits per heavy atom. The topological polar surface area (TPSA) is 162 Å². The van der Waals surface area contributed by atoms with E-state index in [1.165, 1.54) is 0 Å². The summed E-state index contributed by atoms with van der Waals surface area (Å²) in [6.45, 7) is 0.157. The molecular weight excluding hydrogens is 414 g/mol. The number of nitrogens with zero attached hydrogens (tertiary/aromatic N) is 2. The van der Waals surface area contributed by atoms with E-state index in [-0.39, 0.29) is 25.6 Å². The smallest absolute Gasteiger partial charge is 0.408 e. The Bertz CT molecular complexity index is 929. The van der Waals surface area contributed by atoms with Crippen molar-refractivity contribution in [2.45, 2.75) is 31.9 Å². The lowest BCUT2D eigenvalue weighted by molar-refractivity contribution is -0.139. The molecule has 2 aromatic rings. The average molecular weight is 441 g/mol. The van der Waals surface area contributed by atoms with Gasteiger partial charge in [-0.25, -0.2) is 9.59 Å². The van der Waals surface area contributed by atoms with Crippen molar-refractivity contribution in [3.05, 3.63) is 65.7 Å². The molecule has 0 aliphatic rings. The molecule has 0 spiro atoms. The van der Waals surface area contributed by atoms with Crippen LogP contribution in [-0.4, -0.2) is 42.0 Å². The van der Waals surface area contributed by atoms with Crippen molar-refractivity contribution >= 4 is 24.2 Å². The molecule has 10 heteroatoms. The van der Waals surface area contributed by atoms with Crippen LogP contribution in [0.25, 0.3) is 0 Å². The number of nitrogens with one attached hydrogen (secondary N) is 1. The van der Waals surface area contributed by atoms with Crippen LogP contribution < -0.4 is 21.5 Å². The number of hydrogen-bond acceptors (Lipinski definition) is 6. The van der Waals surface area contributed by atoms with Crippen molar-refractivity contribution in [1.82, 2.24) is 5.32 Å². The quantitative estimate of drug-likeness (QED) is 0.222. The maximum atomic E-state index is 11.9. The number of ether oxygens (including phenoxy) is 2. The maximum absolute atomic E-state index is 11.9. The Morgan fingerprint density at radius 3 is 2.56 bits per heavy atom. The van der Waals surface area contributed by atoms with Crippen molar-refractivity contribution in [2.24, 2.45) is 21.7 Å². The number of amides is 1. The van der Waals surface area contributed by atoms with Gasteiger partial charge in [0, 0.05) is 12.6 Å². The zero-order valence-electron chi connectivity index (χ0n) is 17.5. The summed E-state index contributed by atoms with van der Waals surface area (Å²) in [4.78, 5) is 23.4. The van der Waals surface area contributed by atoms with E-state index in [0.29, 0.717) is 18.6 Å². The van der Waals surface area contributed by atoms with Gasteiger partial charge in [-0.15, -0.1) is 5.10 Å². The first kappa shape index (κ1) is 24.2. The number of carboxylic acids is 1. The van der Waals surface area contributed by atoms with E-state index in [2.05, 4.69) is 15.5 Å². The van der Waals surface area contributed by atoms with E-state index in [1.807, 2.05) is 36.4 Å². The largest absolute Gasteiger partial charge is 0.493 e. The average Bonchev–Trinajstić information content (AvgIpc) is 2.77. The fourth-order valence-electron chi connectivity index (χ4n) is 2.65. The van der Waals surface area contributed by atoms with E-state index in [1.54, 1.807) is 24.4 Å². The predicted octanol–water partition coefficient (Wildman–Crippen LogP) is 2.03. The second kappa shape index (κ2) is 13.3. The van der Waals surface area contributed by atoms with Gasteiger partial charge >= 0.3 is 12.1 Å². The van der Waals surface area contributed by atoms with Crippen molar-refractivity contribution < 1.29 is 24.2 Å². The number of guanidine groups is 1. The fourth-order valence-corrected chi connectivity index (χ4v) is 2.65. The minimum Gasteiger partial charge on any atom is -0.493 e. The summed E-state index contributed by atoms with van der Waals surface area (Å²) < 4.78 is 10.7. The fraction of sp³-hybridized carbons (Fsp3) is 0.273. The molecule has 0 aliphatic heterocycles. The summed E-state index contributed by atoms with van der Waals surface area (Å²) >= 11 is 0. The Balaban J connectivity index is 1.76. The van der Waals surface area contributed by atoms with Crippen LogP contribution in [0.3, 0.4) is 0 Å². The molecule has 0 aliphatic carbocycles. The number of carbonyl (C=O) groups excluding carboxylic acids is 1. The summed E-state index contributed by atoms with van der Waals surface area (Å²) in [7, 11) is 0. The monoisotopic (exact) mass is 441 g/mol. The predicted molar refractivity (Wildman–Crippen MR) is 120 cm³/mol. The molecule has 1 atom stereocenters. The first-order valence-corrected chi connectivity index (χ1v) is 9.96. The van der Waals surface area contributed by atoms with Gasteiger partial charge in [-0.2, -0.15) is 5.10 Å². The van der Waals surface area contributed by atoms with Gasteiger partial charge in [-0.05, 0) is 36.1 Å². The molecule has 0 saturated heterocycles. The van der Waals surface area contributed by atoms with Gasteiger partial charge in [-0.3, -0.25) is 0 Å². The molecule has 2 aromatic carbocycles. The number of hydrogen-bond donors (Lipinski definition) is 4. The molecule has 0 saturated carbocycles. The zero-order valence-corrected chi connectivity index (χ0v) is 17.5. The first-order valence-electron chi connectivity index (χ1n) is 9.96. The molecule has 0 aromatic heterocycles. The lowest BCUT2D eigenvalue weighted by Crippen LogP contribution is -2.42. The highest BCUT2D eigenvalue weighted by molar-refractivity contribution is 5.79. The van der Waals surface area contributed by atoms with Crippen molar-refractivity contribution in [3.8, 4) is 5.75 Å². The second-order valence-corrected chi connectivity index (χ2v) is 6.74. The van der Waals surface area contributed by atoms with Gasteiger partial charge in [0.1, 0.15) is 18.4 Å². The number of aliphatic carboxylic acids is 1. The SMILES string of the molecule is NC(N)=N/N=C/CCc1cccc(OCCC(NC(=O)OCc2ccccc2)C(=O)O)c1. The molecule has 0 bridgehead atoms. The van der Waals surface area contributed by atoms with E-state index >= 15 is 0 Å². The highest BCUT2D eigenvalue weighted by Crippen LogP contribution is 2.15. The lowest BCUT2D eigenvalue weighted by atomic mass is 10.1. The standard InChI is InChI=1S/C22H27N5O5/c23-21(24)27-25-12-5-9-16-8-4-10-18(14-16)31-13-11-19(20(28)29)26-22(30)32-15-17-6-2-1-3-7-17/h1-4,6-8,10,12,14,19H,5,9,11,13,15H2,(H,26,30)(H,28,29)(H4,23,24,27)/b25-12+. The number of rotatable bonds is 12. The van der Waals surface area contributed by atoms with Crippen LogP contribution in [0.15, 0.2) is 64.8 Å². The molecule has 0 radical (unpaired) electrons. The molecule has 32 heavy (non-hydrogen) atoms. The molecule has 0 heterocycles. The molecule has 10 nitrogen and oxygen atoms in total. The molecule has 170 valence electrons. The van der Waals surface area contributed by atoms with Gasteiger partial charge in [0.05, 0.1) is 6.61 Å². The first-order chi connectivity index (χ1) is 15.4. The summed E-state index contributed by atoms with van der Waals surface area (Å²) in [6.07, 6.45) is 2.22. The van der Waals surface area contributed by atoms with E-state index in [9.17, 15) is 14.7 Å². The summed E-state index contributed by atoms with van der Waals surface area (Å²) in [5.74, 6) is -0.672. The third kappa shape index (κ3) is 9.61. The lowest BCUT2D eigenvalue weighted by Gasteiger charge is -2.15. The number of carbonyl (C=O) groups is 2. The Labute approximate surface area is 185 Å². The van der Waals surface area contributed by atoms with Gasteiger partial charge in [0.25, 0.3) is 0 Å². The van der Waals surface area contributed by atoms with Crippen LogP contribution in [-0.2, 0) is 22.6 Å². The van der Waals surface area contributed by atoms with Crippen LogP contribution >= 0.6 is 0 Å². The van der Waals surface area contributed by atoms with Crippen molar-refractivity contribution in [1.29, 1.82) is 0 Å². The van der Waals surface area contributed by atoms with Crippen LogP contribution in [0.1, 0.15) is 24.0 Å². The normalized spacial score (nSPS) is 11.5. The number of carboxylic acid groups (broad SMARTS) is 1. The highest BCUT2D eigenvalue weighted by atomic mass is 16.5. The van der Waals surface area contributed by atoms with Gasteiger partial charge in [0.15, 0.2) is 0 Å². The maximum Gasteiger partial charge on any atom is 0.408 e. The number of benzene rings is 2. The minimum atomic E-state index is -1.17. The molecule has 0 fully saturated rings. The van der Waals surface area contributed by atoms with E-state index in [4.69, 9.17) is 20.9 Å². The minimum absolute atomic E-state index is 0.0545. The van der Waals surface area contributed by atoms with Gasteiger partial charge < -0.3 is 31.4 Å². The Kier molecular flexibility index (Phi) is 10.0. The van der Waals surface area contributed by atoms with E-state index < -0.39 is 18.1 Å². The summed E-state index contributed by atoms with van der Waals surface area (Å²) in [5.41, 5.74) is 12.2. The van der Waals surface area contributed by atoms with E-state index in [0.717, 1.165) is 11.1 Å². The third-order valence-electron chi connectivity index (χ3n) is 4.19. The van der Waals surface area contributed by atoms with Crippen LogP contribution in [0, 0.1) is 0 Å². The van der Waals surface area contributed by atoms with Crippen LogP contribution in [0.5, 0.6) is 5.75 Å². The van der Waals surface area contributed by atoms with Gasteiger partial charge in [0.2, 0.25) is 5.96 Å². The molecule has 2 rings (SSSR count). The third-order valence-corrected chi connectivity index (χ3v) is 4.19. The summed E-state index contributed by atoms with van der Waals surface area (Å²) in [5, 5.41) is 19.0. The number of nitrogens with two attached hydrogens (primary N) is 2. The van der Waals surface area contributed by atoms with Crippen LogP contribution in [0.2, 0.25) is 0 Å².